The molecule has 21 heavy (non-hydrogen) atoms. The zero-order valence-electron chi connectivity index (χ0n) is 12.0. The summed E-state index contributed by atoms with van der Waals surface area (Å²) in [7, 11) is 3.52. The number of fused-ring (bicyclic) bond motifs is 1. The van der Waals surface area contributed by atoms with E-state index in [4.69, 9.17) is 10.6 Å². The van der Waals surface area contributed by atoms with Crippen molar-refractivity contribution in [3.8, 4) is 0 Å². The number of benzene rings is 1. The maximum atomic E-state index is 14.1. The molecular formula is C14H18FN3O2S. The molecular weight excluding hydrogens is 293 g/mol. The Hall–Kier alpha value is -1.54. The second-order valence-electron chi connectivity index (χ2n) is 4.73. The first-order valence-electron chi connectivity index (χ1n) is 6.46. The zero-order chi connectivity index (χ0) is 15.4. The third-order valence-electron chi connectivity index (χ3n) is 3.21. The number of nitrogens with zero attached hydrogens (tertiary/aromatic N) is 1. The molecule has 1 heterocycles. The van der Waals surface area contributed by atoms with E-state index in [9.17, 15) is 9.18 Å². The highest BCUT2D eigenvalue weighted by atomic mass is 32.1. The molecule has 2 rings (SSSR count). The molecule has 0 fully saturated rings. The maximum absolute atomic E-state index is 14.1. The van der Waals surface area contributed by atoms with Gasteiger partial charge >= 0.3 is 0 Å². The van der Waals surface area contributed by atoms with Crippen LogP contribution in [0.2, 0.25) is 0 Å². The lowest BCUT2D eigenvalue weighted by Crippen LogP contribution is -2.31. The first-order valence-corrected chi connectivity index (χ1v) is 7.28. The number of hydrogen-bond donors (Lipinski definition) is 2. The van der Waals surface area contributed by atoms with Crippen molar-refractivity contribution in [1.29, 1.82) is 0 Å². The lowest BCUT2D eigenvalue weighted by atomic mass is 10.1. The van der Waals surface area contributed by atoms with Crippen molar-refractivity contribution in [3.63, 3.8) is 0 Å². The first kappa shape index (κ1) is 15.8. The molecule has 0 aliphatic carbocycles. The normalized spacial score (nSPS) is 11.3. The number of amides is 1. The number of hydrazine groups is 1. The summed E-state index contributed by atoms with van der Waals surface area (Å²) in [6.45, 7) is 1.71. The van der Waals surface area contributed by atoms with E-state index in [-0.39, 0.29) is 5.82 Å². The van der Waals surface area contributed by atoms with Crippen molar-refractivity contribution in [3.05, 3.63) is 34.5 Å². The number of nitrogens with one attached hydrogen (secondary N) is 1. The van der Waals surface area contributed by atoms with Gasteiger partial charge in [0.2, 0.25) is 0 Å². The number of likely N-dealkylation sites (N-methyl/N-ethyl adjacent to an activating group) is 1. The Morgan fingerprint density at radius 2 is 2.29 bits per heavy atom. The zero-order valence-corrected chi connectivity index (χ0v) is 12.8. The molecule has 7 heteroatoms. The number of hydrogen-bond acceptors (Lipinski definition) is 5. The molecule has 0 unspecified atom stereocenters. The highest BCUT2D eigenvalue weighted by Crippen LogP contribution is 2.33. The molecule has 2 aromatic rings. The monoisotopic (exact) mass is 311 g/mol. The van der Waals surface area contributed by atoms with Crippen LogP contribution in [0.1, 0.15) is 15.2 Å². The Labute approximate surface area is 126 Å². The molecule has 0 aliphatic rings. The number of rotatable bonds is 6. The first-order chi connectivity index (χ1) is 10.1. The van der Waals surface area contributed by atoms with Gasteiger partial charge in [-0.05, 0) is 19.2 Å². The molecule has 0 radical (unpaired) electrons. The van der Waals surface area contributed by atoms with Gasteiger partial charge in [0.1, 0.15) is 5.82 Å². The van der Waals surface area contributed by atoms with E-state index in [1.54, 1.807) is 19.2 Å². The summed E-state index contributed by atoms with van der Waals surface area (Å²) in [4.78, 5) is 14.3. The third-order valence-corrected chi connectivity index (χ3v) is 4.40. The van der Waals surface area contributed by atoms with Gasteiger partial charge in [0.25, 0.3) is 5.91 Å². The molecule has 0 spiro atoms. The van der Waals surface area contributed by atoms with Crippen LogP contribution in [-0.4, -0.2) is 38.1 Å². The van der Waals surface area contributed by atoms with Crippen molar-refractivity contribution in [2.24, 2.45) is 5.84 Å². The molecule has 114 valence electrons. The van der Waals surface area contributed by atoms with Gasteiger partial charge in [0.15, 0.2) is 0 Å². The summed E-state index contributed by atoms with van der Waals surface area (Å²) >= 11 is 1.25. The molecule has 5 nitrogen and oxygen atoms in total. The number of halogens is 1. The second-order valence-corrected chi connectivity index (χ2v) is 5.78. The van der Waals surface area contributed by atoms with Gasteiger partial charge in [-0.2, -0.15) is 0 Å². The van der Waals surface area contributed by atoms with Gasteiger partial charge in [-0.15, -0.1) is 11.3 Å². The minimum Gasteiger partial charge on any atom is -0.383 e. The number of nitrogen functional groups attached to an aromatic ring is 1. The number of carbonyl (C=O) groups is 1. The molecule has 0 bridgehead atoms. The largest absolute Gasteiger partial charge is 0.383 e. The fourth-order valence-electron chi connectivity index (χ4n) is 2.16. The van der Waals surface area contributed by atoms with Crippen molar-refractivity contribution in [2.45, 2.75) is 6.54 Å². The van der Waals surface area contributed by atoms with E-state index in [2.05, 4.69) is 5.43 Å². The van der Waals surface area contributed by atoms with Crippen LogP contribution in [0.4, 0.5) is 4.39 Å². The van der Waals surface area contributed by atoms with Gasteiger partial charge < -0.3 is 4.74 Å². The quantitative estimate of drug-likeness (QED) is 0.484. The van der Waals surface area contributed by atoms with E-state index < -0.39 is 5.91 Å². The summed E-state index contributed by atoms with van der Waals surface area (Å²) in [5, 5.41) is 0.491. The van der Waals surface area contributed by atoms with Gasteiger partial charge in [0.05, 0.1) is 11.5 Å². The third kappa shape index (κ3) is 3.38. The lowest BCUT2D eigenvalue weighted by Gasteiger charge is -2.16. The van der Waals surface area contributed by atoms with E-state index in [1.165, 1.54) is 17.4 Å². The number of carbonyl (C=O) groups excluding carboxylic acids is 1. The lowest BCUT2D eigenvalue weighted by molar-refractivity contribution is 0.0956. The highest BCUT2D eigenvalue weighted by Gasteiger charge is 2.21. The number of thiophene rings is 1. The molecule has 0 saturated carbocycles. The van der Waals surface area contributed by atoms with Crippen molar-refractivity contribution in [1.82, 2.24) is 10.3 Å². The van der Waals surface area contributed by atoms with Crippen LogP contribution in [-0.2, 0) is 11.3 Å². The van der Waals surface area contributed by atoms with Crippen molar-refractivity contribution < 1.29 is 13.9 Å². The predicted molar refractivity (Wildman–Crippen MR) is 81.6 cm³/mol. The summed E-state index contributed by atoms with van der Waals surface area (Å²) in [6, 6.07) is 4.84. The summed E-state index contributed by atoms with van der Waals surface area (Å²) in [6.07, 6.45) is 0. The minimum absolute atomic E-state index is 0.324. The predicted octanol–water partition coefficient (Wildman–Crippen LogP) is 1.72. The van der Waals surface area contributed by atoms with Crippen LogP contribution in [0.25, 0.3) is 10.1 Å². The SMILES string of the molecule is COCCN(C)Cc1c(C(=O)NN)sc2cccc(F)c12. The molecule has 0 atom stereocenters. The van der Waals surface area contributed by atoms with Crippen molar-refractivity contribution in [2.75, 3.05) is 27.3 Å². The summed E-state index contributed by atoms with van der Waals surface area (Å²) in [5.74, 6) is 4.50. The van der Waals surface area contributed by atoms with Crippen LogP contribution in [0.3, 0.4) is 0 Å². The van der Waals surface area contributed by atoms with Crippen LogP contribution >= 0.6 is 11.3 Å². The van der Waals surface area contributed by atoms with Crippen LogP contribution in [0.5, 0.6) is 0 Å². The average Bonchev–Trinajstić information content (AvgIpc) is 2.84. The molecule has 1 aromatic carbocycles. The molecule has 1 amide bonds. The fourth-order valence-corrected chi connectivity index (χ4v) is 3.29. The Bertz CT molecular complexity index is 644. The summed E-state index contributed by atoms with van der Waals surface area (Å²) in [5.41, 5.74) is 2.79. The van der Waals surface area contributed by atoms with Gasteiger partial charge in [-0.25, -0.2) is 10.2 Å². The van der Waals surface area contributed by atoms with Crippen LogP contribution in [0, 0.1) is 5.82 Å². The Morgan fingerprint density at radius 1 is 1.52 bits per heavy atom. The molecule has 1 aromatic heterocycles. The van der Waals surface area contributed by atoms with E-state index >= 15 is 0 Å². The van der Waals surface area contributed by atoms with E-state index in [0.717, 1.165) is 4.70 Å². The smallest absolute Gasteiger partial charge is 0.275 e. The topological polar surface area (TPSA) is 67.6 Å². The van der Waals surface area contributed by atoms with Gasteiger partial charge in [-0.1, -0.05) is 6.07 Å². The maximum Gasteiger partial charge on any atom is 0.275 e. The standard InChI is InChI=1S/C14H18FN3O2S/c1-18(6-7-20-2)8-9-12-10(15)4-3-5-11(12)21-13(9)14(19)17-16/h3-5H,6-8,16H2,1-2H3,(H,17,19). The Morgan fingerprint density at radius 3 is 2.95 bits per heavy atom. The second kappa shape index (κ2) is 6.95. The molecule has 3 N–H and O–H groups in total. The number of ether oxygens (including phenoxy) is 1. The number of methoxy groups -OCH3 is 1. The van der Waals surface area contributed by atoms with Gasteiger partial charge in [0, 0.05) is 35.8 Å². The molecule has 0 aliphatic heterocycles. The summed E-state index contributed by atoms with van der Waals surface area (Å²) < 4.78 is 19.9. The highest BCUT2D eigenvalue weighted by molar-refractivity contribution is 7.21. The van der Waals surface area contributed by atoms with Crippen LogP contribution < -0.4 is 11.3 Å². The Balaban J connectivity index is 2.44. The van der Waals surface area contributed by atoms with E-state index in [1.807, 2.05) is 11.9 Å². The Kier molecular flexibility index (Phi) is 5.24. The number of nitrogens with two attached hydrogens (primary N) is 1. The average molecular weight is 311 g/mol. The van der Waals surface area contributed by atoms with Gasteiger partial charge in [-0.3, -0.25) is 15.1 Å². The molecule has 0 saturated heterocycles. The fraction of sp³-hybridized carbons (Fsp3) is 0.357. The van der Waals surface area contributed by atoms with E-state index in [0.29, 0.717) is 35.5 Å². The van der Waals surface area contributed by atoms with Crippen LogP contribution in [0.15, 0.2) is 18.2 Å². The van der Waals surface area contributed by atoms with Crippen molar-refractivity contribution >= 4 is 27.3 Å². The minimum atomic E-state index is -0.397.